The van der Waals surface area contributed by atoms with E-state index in [-0.39, 0.29) is 5.48 Å². The zero-order valence-corrected chi connectivity index (χ0v) is 15.2. The Bertz CT molecular complexity index is 696. The summed E-state index contributed by atoms with van der Waals surface area (Å²) in [6.45, 7) is 2.00. The fourth-order valence-corrected chi connectivity index (χ4v) is 2.52. The van der Waals surface area contributed by atoms with Crippen LogP contribution in [0.3, 0.4) is 0 Å². The molecule has 27 heavy (non-hydrogen) atoms. The summed E-state index contributed by atoms with van der Waals surface area (Å²) in [6, 6.07) is 41.6. The largest absolute Gasteiger partial charge is 0.412 e. The van der Waals surface area contributed by atoms with Crippen molar-refractivity contribution < 1.29 is 10.3 Å². The summed E-state index contributed by atoms with van der Waals surface area (Å²) >= 11 is 0. The maximum atomic E-state index is 8.00. The number of hydrogen-bond donors (Lipinski definition) is 0. The Morgan fingerprint density at radius 3 is 0.630 bits per heavy atom. The molecule has 0 unspecified atom stereocenters. The van der Waals surface area contributed by atoms with Gasteiger partial charge in [0.2, 0.25) is 0 Å². The van der Waals surface area contributed by atoms with Crippen molar-refractivity contribution >= 4 is 6.79 Å². The molecule has 0 atom stereocenters. The average Bonchev–Trinajstić information content (AvgIpc) is 2.78. The lowest BCUT2D eigenvalue weighted by Crippen LogP contribution is -1.73. The molecule has 0 aliphatic rings. The summed E-state index contributed by atoms with van der Waals surface area (Å²) in [6.07, 6.45) is 0. The van der Waals surface area contributed by atoms with E-state index < -0.39 is 0 Å². The van der Waals surface area contributed by atoms with Gasteiger partial charge in [0.15, 0.2) is 0 Å². The van der Waals surface area contributed by atoms with E-state index in [9.17, 15) is 0 Å². The molecular weight excluding hydrogens is 332 g/mol. The first-order valence-corrected chi connectivity index (χ1v) is 8.43. The maximum absolute atomic E-state index is 8.00. The molecule has 0 radical (unpaired) electrons. The number of carbonyl (C=O) groups is 1. The second-order valence-corrected chi connectivity index (χ2v) is 5.46. The summed E-state index contributed by atoms with van der Waals surface area (Å²) in [7, 11) is 0. The Balaban J connectivity index is 0.000000239. The van der Waals surface area contributed by atoms with Gasteiger partial charge in [-0.05, 0) is 22.3 Å². The third-order valence-electron chi connectivity index (χ3n) is 3.76. The molecule has 2 N–H and O–H groups in total. The summed E-state index contributed by atoms with van der Waals surface area (Å²) in [4.78, 5) is 8.00. The molecule has 0 heterocycles. The minimum absolute atomic E-state index is 0. The topological polar surface area (TPSA) is 48.6 Å². The molecule has 0 saturated heterocycles. The molecule has 0 amide bonds. The van der Waals surface area contributed by atoms with Crippen molar-refractivity contribution in [1.29, 1.82) is 0 Å². The first-order chi connectivity index (χ1) is 12.9. The minimum atomic E-state index is 0. The van der Waals surface area contributed by atoms with Crippen LogP contribution in [0.1, 0.15) is 0 Å². The average molecular weight is 356 g/mol. The third kappa shape index (κ3) is 7.10. The molecule has 0 fully saturated rings. The van der Waals surface area contributed by atoms with E-state index in [0.717, 1.165) is 0 Å². The van der Waals surface area contributed by atoms with E-state index in [1.54, 1.807) is 0 Å². The fraction of sp³-hybridized carbons (Fsp3) is 0. The van der Waals surface area contributed by atoms with Gasteiger partial charge < -0.3 is 10.3 Å². The summed E-state index contributed by atoms with van der Waals surface area (Å²) in [5.41, 5.74) is 5.10. The smallest absolute Gasteiger partial charge is 0.106 e. The molecule has 2 nitrogen and oxygen atoms in total. The van der Waals surface area contributed by atoms with E-state index in [2.05, 4.69) is 97.1 Å². The first-order valence-electron chi connectivity index (χ1n) is 8.43. The van der Waals surface area contributed by atoms with Crippen molar-refractivity contribution in [3.05, 3.63) is 121 Å². The Kier molecular flexibility index (Phi) is 10.2. The van der Waals surface area contributed by atoms with Crippen LogP contribution >= 0.6 is 0 Å². The van der Waals surface area contributed by atoms with Gasteiger partial charge in [-0.3, -0.25) is 0 Å². The predicted octanol–water partition coefficient (Wildman–Crippen LogP) is 5.70. The summed E-state index contributed by atoms with van der Waals surface area (Å²) < 4.78 is 0. The van der Waals surface area contributed by atoms with E-state index in [4.69, 9.17) is 4.79 Å². The molecule has 4 rings (SSSR count). The Hall–Kier alpha value is -3.49. The van der Waals surface area contributed by atoms with Gasteiger partial charge in [0.05, 0.1) is 0 Å². The highest BCUT2D eigenvalue weighted by atomic mass is 16.1. The predicted molar refractivity (Wildman–Crippen MR) is 114 cm³/mol. The van der Waals surface area contributed by atoms with Crippen LogP contribution in [0.25, 0.3) is 22.3 Å². The second-order valence-electron chi connectivity index (χ2n) is 5.46. The standard InChI is InChI=1S/2C12H10.CH2O.H2O/c2*1-3-7-11(8-4-1)12-9-5-2-6-10-12;1-2;/h2*1-10H;1H2;1H2. The number of hydrogen-bond acceptors (Lipinski definition) is 1. The third-order valence-corrected chi connectivity index (χ3v) is 3.76. The molecule has 4 aromatic carbocycles. The van der Waals surface area contributed by atoms with Gasteiger partial charge in [-0.25, -0.2) is 0 Å². The lowest BCUT2D eigenvalue weighted by atomic mass is 10.1. The van der Waals surface area contributed by atoms with E-state index >= 15 is 0 Å². The van der Waals surface area contributed by atoms with Crippen LogP contribution in [0.2, 0.25) is 0 Å². The van der Waals surface area contributed by atoms with Crippen molar-refractivity contribution in [3.63, 3.8) is 0 Å². The molecule has 0 spiro atoms. The van der Waals surface area contributed by atoms with Gasteiger partial charge in [0.1, 0.15) is 6.79 Å². The molecule has 0 aliphatic heterocycles. The van der Waals surface area contributed by atoms with E-state index in [1.807, 2.05) is 31.1 Å². The molecule has 0 aromatic heterocycles. The molecule has 0 aliphatic carbocycles. The molecule has 136 valence electrons. The normalized spacial score (nSPS) is 8.74. The van der Waals surface area contributed by atoms with Crippen LogP contribution in [0.15, 0.2) is 121 Å². The number of rotatable bonds is 2. The molecule has 2 heteroatoms. The molecular formula is C25H24O2. The van der Waals surface area contributed by atoms with Crippen LogP contribution in [0.4, 0.5) is 0 Å². The summed E-state index contributed by atoms with van der Waals surface area (Å²) in [5, 5.41) is 0. The highest BCUT2D eigenvalue weighted by Gasteiger charge is 1.92. The van der Waals surface area contributed by atoms with Crippen LogP contribution in [0, 0.1) is 0 Å². The Labute approximate surface area is 161 Å². The second kappa shape index (κ2) is 12.8. The van der Waals surface area contributed by atoms with Gasteiger partial charge in [-0.15, -0.1) is 0 Å². The van der Waals surface area contributed by atoms with Crippen molar-refractivity contribution in [3.8, 4) is 22.3 Å². The molecule has 4 aromatic rings. The Morgan fingerprint density at radius 2 is 0.481 bits per heavy atom. The molecule has 0 saturated carbocycles. The SMILES string of the molecule is C=O.O.c1ccc(-c2ccccc2)cc1.c1ccc(-c2ccccc2)cc1. The van der Waals surface area contributed by atoms with Crippen molar-refractivity contribution in [2.45, 2.75) is 0 Å². The van der Waals surface area contributed by atoms with Crippen molar-refractivity contribution in [2.75, 3.05) is 0 Å². The fourth-order valence-electron chi connectivity index (χ4n) is 2.52. The van der Waals surface area contributed by atoms with Gasteiger partial charge in [0, 0.05) is 0 Å². The van der Waals surface area contributed by atoms with Gasteiger partial charge in [0.25, 0.3) is 0 Å². The lowest BCUT2D eigenvalue weighted by Gasteiger charge is -1.98. The number of carbonyl (C=O) groups excluding carboxylic acids is 1. The quantitative estimate of drug-likeness (QED) is 0.454. The Morgan fingerprint density at radius 1 is 0.333 bits per heavy atom. The highest BCUT2D eigenvalue weighted by Crippen LogP contribution is 2.18. The van der Waals surface area contributed by atoms with Crippen LogP contribution in [-0.4, -0.2) is 12.3 Å². The monoisotopic (exact) mass is 356 g/mol. The highest BCUT2D eigenvalue weighted by molar-refractivity contribution is 5.63. The van der Waals surface area contributed by atoms with E-state index in [1.165, 1.54) is 22.3 Å². The maximum Gasteiger partial charge on any atom is 0.106 e. The lowest BCUT2D eigenvalue weighted by molar-refractivity contribution is -0.0979. The van der Waals surface area contributed by atoms with Gasteiger partial charge in [-0.1, -0.05) is 121 Å². The zero-order chi connectivity index (χ0) is 18.5. The number of benzene rings is 4. The van der Waals surface area contributed by atoms with Crippen molar-refractivity contribution in [2.24, 2.45) is 0 Å². The van der Waals surface area contributed by atoms with Crippen LogP contribution in [0.5, 0.6) is 0 Å². The van der Waals surface area contributed by atoms with Crippen LogP contribution in [-0.2, 0) is 4.79 Å². The minimum Gasteiger partial charge on any atom is -0.412 e. The van der Waals surface area contributed by atoms with Crippen LogP contribution < -0.4 is 0 Å². The van der Waals surface area contributed by atoms with Gasteiger partial charge >= 0.3 is 0 Å². The van der Waals surface area contributed by atoms with Gasteiger partial charge in [-0.2, -0.15) is 0 Å². The van der Waals surface area contributed by atoms with E-state index in [0.29, 0.717) is 0 Å². The van der Waals surface area contributed by atoms with Crippen molar-refractivity contribution in [1.82, 2.24) is 0 Å². The summed E-state index contributed by atoms with van der Waals surface area (Å²) in [5.74, 6) is 0. The zero-order valence-electron chi connectivity index (χ0n) is 15.2. The molecule has 0 bridgehead atoms. The first kappa shape index (κ1) is 21.6.